The van der Waals surface area contributed by atoms with E-state index in [1.165, 1.54) is 42.5 Å². The van der Waals surface area contributed by atoms with Crippen LogP contribution < -0.4 is 5.32 Å². The second kappa shape index (κ2) is 6.94. The van der Waals surface area contributed by atoms with Crippen molar-refractivity contribution in [3.63, 3.8) is 0 Å². The zero-order chi connectivity index (χ0) is 19.6. The molecule has 0 saturated carbocycles. The van der Waals surface area contributed by atoms with Gasteiger partial charge in [-0.15, -0.1) is 0 Å². The summed E-state index contributed by atoms with van der Waals surface area (Å²) in [6, 6.07) is 12.8. The summed E-state index contributed by atoms with van der Waals surface area (Å²) in [6.07, 6.45) is -4.62. The van der Waals surface area contributed by atoms with Crippen LogP contribution in [0.1, 0.15) is 16.1 Å². The molecule has 0 aliphatic carbocycles. The van der Waals surface area contributed by atoms with E-state index in [0.717, 1.165) is 12.1 Å². The minimum Gasteiger partial charge on any atom is -0.451 e. The van der Waals surface area contributed by atoms with Crippen molar-refractivity contribution >= 4 is 17.3 Å². The van der Waals surface area contributed by atoms with Crippen molar-refractivity contribution in [2.45, 2.75) is 6.18 Å². The molecule has 3 rings (SSSR count). The summed E-state index contributed by atoms with van der Waals surface area (Å²) in [5, 5.41) is 13.0. The van der Waals surface area contributed by atoms with Crippen LogP contribution in [0, 0.1) is 10.1 Å². The first kappa shape index (κ1) is 18.2. The molecule has 1 aromatic heterocycles. The first-order valence-corrected chi connectivity index (χ1v) is 7.58. The molecular formula is C18H11F3N2O4. The summed E-state index contributed by atoms with van der Waals surface area (Å²) in [5.74, 6) is -0.926. The number of furan rings is 1. The summed E-state index contributed by atoms with van der Waals surface area (Å²) in [5.41, 5.74) is -1.18. The number of hydrogen-bond acceptors (Lipinski definition) is 4. The molecule has 1 N–H and O–H groups in total. The van der Waals surface area contributed by atoms with Gasteiger partial charge in [-0.1, -0.05) is 24.3 Å². The molecule has 1 heterocycles. The molecule has 0 atom stereocenters. The minimum atomic E-state index is -4.62. The summed E-state index contributed by atoms with van der Waals surface area (Å²) >= 11 is 0. The van der Waals surface area contributed by atoms with Crippen LogP contribution in [-0.2, 0) is 6.18 Å². The van der Waals surface area contributed by atoms with Gasteiger partial charge in [-0.2, -0.15) is 13.2 Å². The second-order valence-electron chi connectivity index (χ2n) is 5.47. The maximum Gasteiger partial charge on any atom is 0.418 e. The van der Waals surface area contributed by atoms with Gasteiger partial charge >= 0.3 is 6.18 Å². The molecule has 0 unspecified atom stereocenters. The van der Waals surface area contributed by atoms with Crippen molar-refractivity contribution < 1.29 is 27.3 Å². The fourth-order valence-electron chi connectivity index (χ4n) is 2.41. The number of para-hydroxylation sites is 1. The molecule has 27 heavy (non-hydrogen) atoms. The van der Waals surface area contributed by atoms with Crippen molar-refractivity contribution in [2.24, 2.45) is 0 Å². The first-order chi connectivity index (χ1) is 12.8. The van der Waals surface area contributed by atoms with Crippen LogP contribution in [0.25, 0.3) is 11.3 Å². The number of hydrogen-bond donors (Lipinski definition) is 1. The molecule has 3 aromatic rings. The average Bonchev–Trinajstić information content (AvgIpc) is 3.11. The summed E-state index contributed by atoms with van der Waals surface area (Å²) < 4.78 is 44.3. The van der Waals surface area contributed by atoms with Crippen LogP contribution in [0.3, 0.4) is 0 Å². The number of benzene rings is 2. The number of non-ortho nitro benzene ring substituents is 1. The van der Waals surface area contributed by atoms with E-state index < -0.39 is 28.3 Å². The molecule has 0 radical (unpaired) electrons. The number of alkyl halides is 3. The van der Waals surface area contributed by atoms with Crippen LogP contribution in [0.15, 0.2) is 65.1 Å². The molecule has 9 heteroatoms. The molecule has 0 bridgehead atoms. The number of carbonyl (C=O) groups excluding carboxylic acids is 1. The van der Waals surface area contributed by atoms with Crippen LogP contribution in [0.5, 0.6) is 0 Å². The van der Waals surface area contributed by atoms with Crippen molar-refractivity contribution in [3.05, 3.63) is 82.1 Å². The van der Waals surface area contributed by atoms with E-state index in [1.54, 1.807) is 6.07 Å². The number of halogens is 3. The Bertz CT molecular complexity index is 1010. The number of anilines is 1. The topological polar surface area (TPSA) is 85.4 Å². The molecule has 1 amide bonds. The molecule has 2 aromatic carbocycles. The third-order valence-electron chi connectivity index (χ3n) is 3.65. The number of amides is 1. The number of nitro benzene ring substituents is 1. The van der Waals surface area contributed by atoms with Gasteiger partial charge in [0.2, 0.25) is 0 Å². The standard InChI is InChI=1S/C18H11F3N2O4/c19-18(20,21)13-6-1-2-7-14(13)22-17(24)16-9-8-15(27-16)11-4-3-5-12(10-11)23(25)26/h1-10H,(H,22,24). The van der Waals surface area contributed by atoms with E-state index in [9.17, 15) is 28.1 Å². The highest BCUT2D eigenvalue weighted by Gasteiger charge is 2.33. The van der Waals surface area contributed by atoms with Crippen LogP contribution in [-0.4, -0.2) is 10.8 Å². The van der Waals surface area contributed by atoms with Gasteiger partial charge in [0, 0.05) is 17.7 Å². The molecule has 138 valence electrons. The molecule has 0 saturated heterocycles. The Morgan fingerprint density at radius 3 is 2.48 bits per heavy atom. The lowest BCUT2D eigenvalue weighted by Crippen LogP contribution is -2.16. The van der Waals surface area contributed by atoms with Gasteiger partial charge in [-0.25, -0.2) is 0 Å². The normalized spacial score (nSPS) is 11.2. The van der Waals surface area contributed by atoms with Gasteiger partial charge in [0.25, 0.3) is 11.6 Å². The van der Waals surface area contributed by atoms with Crippen molar-refractivity contribution in [1.29, 1.82) is 0 Å². The maximum absolute atomic E-state index is 13.0. The fourth-order valence-corrected chi connectivity index (χ4v) is 2.41. The number of nitro groups is 1. The quantitative estimate of drug-likeness (QED) is 0.505. The zero-order valence-corrected chi connectivity index (χ0v) is 13.5. The highest BCUT2D eigenvalue weighted by molar-refractivity contribution is 6.03. The van der Waals surface area contributed by atoms with Gasteiger partial charge in [0.15, 0.2) is 5.76 Å². The smallest absolute Gasteiger partial charge is 0.418 e. The minimum absolute atomic E-state index is 0.158. The largest absolute Gasteiger partial charge is 0.451 e. The van der Waals surface area contributed by atoms with Crippen LogP contribution in [0.4, 0.5) is 24.5 Å². The number of carbonyl (C=O) groups is 1. The van der Waals surface area contributed by atoms with Crippen molar-refractivity contribution in [2.75, 3.05) is 5.32 Å². The van der Waals surface area contributed by atoms with E-state index in [1.807, 2.05) is 0 Å². The van der Waals surface area contributed by atoms with Gasteiger partial charge in [-0.05, 0) is 24.3 Å². The molecule has 0 aliphatic rings. The van der Waals surface area contributed by atoms with E-state index in [-0.39, 0.29) is 17.2 Å². The van der Waals surface area contributed by atoms with E-state index in [0.29, 0.717) is 5.56 Å². The lowest BCUT2D eigenvalue weighted by Gasteiger charge is -2.12. The summed E-state index contributed by atoms with van der Waals surface area (Å²) in [4.78, 5) is 22.5. The lowest BCUT2D eigenvalue weighted by atomic mass is 10.1. The van der Waals surface area contributed by atoms with Gasteiger partial charge < -0.3 is 9.73 Å². The van der Waals surface area contributed by atoms with Gasteiger partial charge in [0.05, 0.1) is 16.2 Å². The van der Waals surface area contributed by atoms with E-state index >= 15 is 0 Å². The Hall–Kier alpha value is -3.62. The number of rotatable bonds is 4. The first-order valence-electron chi connectivity index (χ1n) is 7.58. The Kier molecular flexibility index (Phi) is 4.68. The van der Waals surface area contributed by atoms with Gasteiger partial charge in [0.1, 0.15) is 5.76 Å². The third kappa shape index (κ3) is 3.97. The highest BCUT2D eigenvalue weighted by atomic mass is 19.4. The van der Waals surface area contributed by atoms with Gasteiger partial charge in [-0.3, -0.25) is 14.9 Å². The zero-order valence-electron chi connectivity index (χ0n) is 13.5. The maximum atomic E-state index is 13.0. The summed E-state index contributed by atoms with van der Waals surface area (Å²) in [6.45, 7) is 0. The second-order valence-corrected chi connectivity index (χ2v) is 5.47. The molecule has 0 aliphatic heterocycles. The Labute approximate surface area is 150 Å². The fraction of sp³-hybridized carbons (Fsp3) is 0.0556. The third-order valence-corrected chi connectivity index (χ3v) is 3.65. The summed E-state index contributed by atoms with van der Waals surface area (Å²) in [7, 11) is 0. The molecule has 6 nitrogen and oxygen atoms in total. The van der Waals surface area contributed by atoms with Crippen LogP contribution in [0.2, 0.25) is 0 Å². The number of nitrogens with zero attached hydrogens (tertiary/aromatic N) is 1. The van der Waals surface area contributed by atoms with Crippen molar-refractivity contribution in [3.8, 4) is 11.3 Å². The van der Waals surface area contributed by atoms with Crippen molar-refractivity contribution in [1.82, 2.24) is 0 Å². The SMILES string of the molecule is O=C(Nc1ccccc1C(F)(F)F)c1ccc(-c2cccc([N+](=O)[O-])c2)o1. The highest BCUT2D eigenvalue weighted by Crippen LogP contribution is 2.35. The van der Waals surface area contributed by atoms with E-state index in [4.69, 9.17) is 4.42 Å². The molecule has 0 spiro atoms. The predicted molar refractivity (Wildman–Crippen MR) is 90.2 cm³/mol. The molecular weight excluding hydrogens is 365 g/mol. The number of nitrogens with one attached hydrogen (secondary N) is 1. The average molecular weight is 376 g/mol. The van der Waals surface area contributed by atoms with E-state index in [2.05, 4.69) is 5.32 Å². The lowest BCUT2D eigenvalue weighted by molar-refractivity contribution is -0.384. The Morgan fingerprint density at radius 1 is 1.04 bits per heavy atom. The molecule has 0 fully saturated rings. The monoisotopic (exact) mass is 376 g/mol. The predicted octanol–water partition coefficient (Wildman–Crippen LogP) is 5.13. The Morgan fingerprint density at radius 2 is 1.78 bits per heavy atom. The van der Waals surface area contributed by atoms with Crippen LogP contribution >= 0.6 is 0 Å². The Balaban J connectivity index is 1.85.